The SMILES string of the molecule is NCCC1(CN2CCC3CCCCC32)CC1. The molecule has 2 nitrogen and oxygen atoms in total. The van der Waals surface area contributed by atoms with Crippen LogP contribution in [0.2, 0.25) is 0 Å². The third kappa shape index (κ3) is 2.02. The zero-order valence-corrected chi connectivity index (χ0v) is 10.5. The molecular weight excluding hydrogens is 196 g/mol. The summed E-state index contributed by atoms with van der Waals surface area (Å²) in [4.78, 5) is 2.83. The Morgan fingerprint density at radius 1 is 1.12 bits per heavy atom. The summed E-state index contributed by atoms with van der Waals surface area (Å²) in [5.74, 6) is 1.04. The first-order valence-corrected chi connectivity index (χ1v) is 7.27. The Morgan fingerprint density at radius 2 is 1.94 bits per heavy atom. The number of rotatable bonds is 4. The minimum absolute atomic E-state index is 0.654. The summed E-state index contributed by atoms with van der Waals surface area (Å²) in [6.07, 6.45) is 11.6. The molecule has 2 N–H and O–H groups in total. The molecule has 3 fully saturated rings. The Morgan fingerprint density at radius 3 is 2.69 bits per heavy atom. The molecule has 92 valence electrons. The van der Waals surface area contributed by atoms with E-state index in [1.807, 2.05) is 0 Å². The van der Waals surface area contributed by atoms with Crippen LogP contribution in [0, 0.1) is 11.3 Å². The molecule has 2 atom stereocenters. The van der Waals surface area contributed by atoms with Crippen molar-refractivity contribution in [3.63, 3.8) is 0 Å². The Balaban J connectivity index is 1.59. The number of hydrogen-bond acceptors (Lipinski definition) is 2. The number of hydrogen-bond donors (Lipinski definition) is 1. The summed E-state index contributed by atoms with van der Waals surface area (Å²) in [5.41, 5.74) is 6.40. The van der Waals surface area contributed by atoms with Crippen LogP contribution in [0.25, 0.3) is 0 Å². The maximum atomic E-state index is 5.74. The number of fused-ring (bicyclic) bond motifs is 1. The normalized spacial score (nSPS) is 37.3. The van der Waals surface area contributed by atoms with Gasteiger partial charge in [-0.15, -0.1) is 0 Å². The Hall–Kier alpha value is -0.0800. The van der Waals surface area contributed by atoms with Crippen molar-refractivity contribution >= 4 is 0 Å². The smallest absolute Gasteiger partial charge is 0.0124 e. The fourth-order valence-corrected chi connectivity index (χ4v) is 4.10. The highest BCUT2D eigenvalue weighted by Crippen LogP contribution is 2.50. The predicted octanol–water partition coefficient (Wildman–Crippen LogP) is 2.38. The highest BCUT2D eigenvalue weighted by Gasteiger charge is 2.46. The van der Waals surface area contributed by atoms with Gasteiger partial charge in [0.2, 0.25) is 0 Å². The molecule has 0 bridgehead atoms. The van der Waals surface area contributed by atoms with Crippen LogP contribution in [0.15, 0.2) is 0 Å². The van der Waals surface area contributed by atoms with Crippen LogP contribution < -0.4 is 5.73 Å². The van der Waals surface area contributed by atoms with Crippen LogP contribution >= 0.6 is 0 Å². The van der Waals surface area contributed by atoms with E-state index in [2.05, 4.69) is 4.90 Å². The van der Waals surface area contributed by atoms with Gasteiger partial charge in [0.15, 0.2) is 0 Å². The second-order valence-corrected chi connectivity index (χ2v) is 6.41. The van der Waals surface area contributed by atoms with E-state index in [0.717, 1.165) is 18.5 Å². The molecule has 0 amide bonds. The third-order valence-corrected chi connectivity index (χ3v) is 5.30. The fourth-order valence-electron chi connectivity index (χ4n) is 4.10. The van der Waals surface area contributed by atoms with Gasteiger partial charge in [-0.1, -0.05) is 12.8 Å². The molecule has 1 aliphatic heterocycles. The summed E-state index contributed by atoms with van der Waals surface area (Å²) < 4.78 is 0. The zero-order chi connectivity index (χ0) is 11.0. The molecule has 2 unspecified atom stereocenters. The summed E-state index contributed by atoms with van der Waals surface area (Å²) in [7, 11) is 0. The Kier molecular flexibility index (Phi) is 2.97. The van der Waals surface area contributed by atoms with Gasteiger partial charge in [0, 0.05) is 12.6 Å². The lowest BCUT2D eigenvalue weighted by Crippen LogP contribution is -2.39. The lowest BCUT2D eigenvalue weighted by atomic mass is 9.85. The Bertz CT molecular complexity index is 247. The molecule has 0 radical (unpaired) electrons. The summed E-state index contributed by atoms with van der Waals surface area (Å²) >= 11 is 0. The molecule has 3 rings (SSSR count). The molecule has 2 heteroatoms. The molecule has 3 aliphatic rings. The molecular formula is C14H26N2. The molecule has 2 saturated carbocycles. The van der Waals surface area contributed by atoms with Gasteiger partial charge < -0.3 is 5.73 Å². The summed E-state index contributed by atoms with van der Waals surface area (Å²) in [6.45, 7) is 3.63. The summed E-state index contributed by atoms with van der Waals surface area (Å²) in [5, 5.41) is 0. The van der Waals surface area contributed by atoms with E-state index in [0.29, 0.717) is 5.41 Å². The molecule has 0 aromatic heterocycles. The molecule has 16 heavy (non-hydrogen) atoms. The highest BCUT2D eigenvalue weighted by atomic mass is 15.2. The van der Waals surface area contributed by atoms with E-state index >= 15 is 0 Å². The third-order valence-electron chi connectivity index (χ3n) is 5.30. The van der Waals surface area contributed by atoms with Gasteiger partial charge in [-0.05, 0) is 62.9 Å². The van der Waals surface area contributed by atoms with Crippen molar-refractivity contribution in [3.05, 3.63) is 0 Å². The van der Waals surface area contributed by atoms with Crippen LogP contribution in [-0.4, -0.2) is 30.6 Å². The number of likely N-dealkylation sites (tertiary alicyclic amines) is 1. The van der Waals surface area contributed by atoms with Crippen LogP contribution in [0.3, 0.4) is 0 Å². The second-order valence-electron chi connectivity index (χ2n) is 6.41. The lowest BCUT2D eigenvalue weighted by molar-refractivity contribution is 0.150. The van der Waals surface area contributed by atoms with Crippen molar-refractivity contribution < 1.29 is 0 Å². The van der Waals surface area contributed by atoms with Gasteiger partial charge in [-0.2, -0.15) is 0 Å². The van der Waals surface area contributed by atoms with Crippen molar-refractivity contribution in [2.45, 2.75) is 57.4 Å². The monoisotopic (exact) mass is 222 g/mol. The maximum Gasteiger partial charge on any atom is 0.0124 e. The van der Waals surface area contributed by atoms with Gasteiger partial charge >= 0.3 is 0 Å². The van der Waals surface area contributed by atoms with E-state index in [1.54, 1.807) is 0 Å². The topological polar surface area (TPSA) is 29.3 Å². The van der Waals surface area contributed by atoms with Crippen molar-refractivity contribution in [1.82, 2.24) is 4.90 Å². The maximum absolute atomic E-state index is 5.74. The van der Waals surface area contributed by atoms with Crippen LogP contribution in [0.4, 0.5) is 0 Å². The molecule has 1 saturated heterocycles. The second kappa shape index (κ2) is 4.30. The quantitative estimate of drug-likeness (QED) is 0.791. The van der Waals surface area contributed by atoms with Crippen molar-refractivity contribution in [2.24, 2.45) is 17.1 Å². The summed E-state index contributed by atoms with van der Waals surface area (Å²) in [6, 6.07) is 0.948. The van der Waals surface area contributed by atoms with Crippen LogP contribution in [0.1, 0.15) is 51.4 Å². The van der Waals surface area contributed by atoms with E-state index < -0.39 is 0 Å². The standard InChI is InChI=1S/C14H26N2/c15-9-8-14(6-7-14)11-16-10-5-12-3-1-2-4-13(12)16/h12-13H,1-11,15H2. The van der Waals surface area contributed by atoms with Gasteiger partial charge in [0.25, 0.3) is 0 Å². The molecule has 0 aromatic carbocycles. The molecule has 1 heterocycles. The van der Waals surface area contributed by atoms with Crippen molar-refractivity contribution in [2.75, 3.05) is 19.6 Å². The minimum Gasteiger partial charge on any atom is -0.330 e. The predicted molar refractivity (Wildman–Crippen MR) is 67.3 cm³/mol. The van der Waals surface area contributed by atoms with Gasteiger partial charge in [-0.25, -0.2) is 0 Å². The first kappa shape index (κ1) is 11.0. The van der Waals surface area contributed by atoms with Crippen LogP contribution in [-0.2, 0) is 0 Å². The fraction of sp³-hybridized carbons (Fsp3) is 1.00. The van der Waals surface area contributed by atoms with E-state index in [4.69, 9.17) is 5.73 Å². The van der Waals surface area contributed by atoms with Gasteiger partial charge in [0.05, 0.1) is 0 Å². The number of nitrogens with two attached hydrogens (primary N) is 1. The lowest BCUT2D eigenvalue weighted by Gasteiger charge is -2.34. The molecule has 0 aromatic rings. The first-order chi connectivity index (χ1) is 7.83. The van der Waals surface area contributed by atoms with Gasteiger partial charge in [0.1, 0.15) is 0 Å². The van der Waals surface area contributed by atoms with Gasteiger partial charge in [-0.3, -0.25) is 4.90 Å². The van der Waals surface area contributed by atoms with E-state index in [-0.39, 0.29) is 0 Å². The minimum atomic E-state index is 0.654. The van der Waals surface area contributed by atoms with Crippen molar-refractivity contribution in [1.29, 1.82) is 0 Å². The Labute approximate surface area is 99.6 Å². The average Bonchev–Trinajstić information content (AvgIpc) is 2.93. The van der Waals surface area contributed by atoms with Crippen molar-refractivity contribution in [3.8, 4) is 0 Å². The largest absolute Gasteiger partial charge is 0.330 e. The van der Waals surface area contributed by atoms with E-state index in [1.165, 1.54) is 64.5 Å². The zero-order valence-electron chi connectivity index (χ0n) is 10.5. The van der Waals surface area contributed by atoms with Crippen LogP contribution in [0.5, 0.6) is 0 Å². The first-order valence-electron chi connectivity index (χ1n) is 7.27. The highest BCUT2D eigenvalue weighted by molar-refractivity contribution is 4.99. The molecule has 2 aliphatic carbocycles. The average molecular weight is 222 g/mol. The number of nitrogens with zero attached hydrogens (tertiary/aromatic N) is 1. The molecule has 0 spiro atoms. The van der Waals surface area contributed by atoms with E-state index in [9.17, 15) is 0 Å².